The van der Waals surface area contributed by atoms with Gasteiger partial charge in [0.15, 0.2) is 0 Å². The van der Waals surface area contributed by atoms with Crippen molar-refractivity contribution in [1.82, 2.24) is 5.32 Å². The van der Waals surface area contributed by atoms with Gasteiger partial charge in [-0.2, -0.15) is 0 Å². The van der Waals surface area contributed by atoms with E-state index in [1.165, 1.54) is 18.2 Å². The molecule has 0 spiro atoms. The fraction of sp³-hybridized carbons (Fsp3) is 0.462. The number of rotatable bonds is 5. The average Bonchev–Trinajstić information content (AvgIpc) is 2.25. The number of hydrogen-bond donors (Lipinski definition) is 1. The minimum absolute atomic E-state index is 0.0897. The van der Waals surface area contributed by atoms with Gasteiger partial charge in [0.25, 0.3) is 5.91 Å². The van der Waals surface area contributed by atoms with Gasteiger partial charge in [-0.1, -0.05) is 13.8 Å². The number of alkyl halides is 1. The molecule has 0 aliphatic carbocycles. The summed E-state index contributed by atoms with van der Waals surface area (Å²) in [6, 6.07) is 3.97. The molecule has 100 valence electrons. The molecule has 1 N–H and O–H groups in total. The highest BCUT2D eigenvalue weighted by Gasteiger charge is 2.13. The predicted molar refractivity (Wildman–Crippen MR) is 75.5 cm³/mol. The van der Waals surface area contributed by atoms with Crippen molar-refractivity contribution >= 4 is 33.4 Å². The maximum atomic E-state index is 12.9. The van der Waals surface area contributed by atoms with Crippen LogP contribution < -0.4 is 5.32 Å². The zero-order chi connectivity index (χ0) is 13.7. The molecule has 0 aromatic heterocycles. The van der Waals surface area contributed by atoms with E-state index in [1.807, 2.05) is 0 Å². The van der Waals surface area contributed by atoms with Crippen LogP contribution in [0.2, 0.25) is 0 Å². The standard InChI is InChI=1S/C13H16BrClFNO/c1-8(2)5-9(15)7-17-13(18)11-4-3-10(16)6-12(11)14/h3-4,6,8-9H,5,7H2,1-2H3,(H,17,18). The molecule has 0 bridgehead atoms. The van der Waals surface area contributed by atoms with Crippen LogP contribution in [-0.2, 0) is 0 Å². The van der Waals surface area contributed by atoms with Crippen molar-refractivity contribution in [3.05, 3.63) is 34.1 Å². The summed E-state index contributed by atoms with van der Waals surface area (Å²) in [5.41, 5.74) is 0.407. The summed E-state index contributed by atoms with van der Waals surface area (Å²) in [6.07, 6.45) is 0.840. The third-order valence-corrected chi connectivity index (χ3v) is 3.38. The van der Waals surface area contributed by atoms with Gasteiger partial charge in [-0.3, -0.25) is 4.79 Å². The molecule has 0 fully saturated rings. The van der Waals surface area contributed by atoms with Gasteiger partial charge in [-0.15, -0.1) is 11.6 Å². The number of halogens is 3. The second-order valence-electron chi connectivity index (χ2n) is 4.56. The Morgan fingerprint density at radius 2 is 2.17 bits per heavy atom. The van der Waals surface area contributed by atoms with Crippen LogP contribution in [0.1, 0.15) is 30.6 Å². The molecule has 0 saturated carbocycles. The van der Waals surface area contributed by atoms with Gasteiger partial charge in [0.05, 0.1) is 10.9 Å². The average molecular weight is 337 g/mol. The third-order valence-electron chi connectivity index (χ3n) is 2.39. The summed E-state index contributed by atoms with van der Waals surface area (Å²) >= 11 is 9.25. The molecular weight excluding hydrogens is 321 g/mol. The fourth-order valence-electron chi connectivity index (χ4n) is 1.57. The molecule has 1 unspecified atom stereocenters. The fourth-order valence-corrected chi connectivity index (χ4v) is 2.53. The Labute approximate surface area is 120 Å². The lowest BCUT2D eigenvalue weighted by Crippen LogP contribution is -2.30. The molecule has 0 radical (unpaired) electrons. The van der Waals surface area contributed by atoms with E-state index < -0.39 is 0 Å². The lowest BCUT2D eigenvalue weighted by atomic mass is 10.1. The molecule has 5 heteroatoms. The van der Waals surface area contributed by atoms with E-state index in [-0.39, 0.29) is 17.1 Å². The maximum Gasteiger partial charge on any atom is 0.252 e. The Bertz CT molecular complexity index is 425. The second kappa shape index (κ2) is 7.10. The summed E-state index contributed by atoms with van der Waals surface area (Å²) < 4.78 is 13.3. The summed E-state index contributed by atoms with van der Waals surface area (Å²) in [7, 11) is 0. The Hall–Kier alpha value is -0.610. The van der Waals surface area contributed by atoms with Crippen LogP contribution in [0.25, 0.3) is 0 Å². The van der Waals surface area contributed by atoms with Crippen LogP contribution in [0.3, 0.4) is 0 Å². The van der Waals surface area contributed by atoms with Crippen LogP contribution in [0.4, 0.5) is 4.39 Å². The van der Waals surface area contributed by atoms with Crippen molar-refractivity contribution in [2.24, 2.45) is 5.92 Å². The molecule has 0 aliphatic rings. The highest BCUT2D eigenvalue weighted by molar-refractivity contribution is 9.10. The highest BCUT2D eigenvalue weighted by Crippen LogP contribution is 2.18. The highest BCUT2D eigenvalue weighted by atomic mass is 79.9. The van der Waals surface area contributed by atoms with Crippen molar-refractivity contribution < 1.29 is 9.18 Å². The SMILES string of the molecule is CC(C)CC(Cl)CNC(=O)c1ccc(F)cc1Br. The predicted octanol–water partition coefficient (Wildman–Crippen LogP) is 3.97. The first-order valence-electron chi connectivity index (χ1n) is 5.77. The summed E-state index contributed by atoms with van der Waals surface area (Å²) in [6.45, 7) is 4.56. The number of carbonyl (C=O) groups excluding carboxylic acids is 1. The van der Waals surface area contributed by atoms with E-state index in [0.29, 0.717) is 22.5 Å². The molecule has 0 heterocycles. The Kier molecular flexibility index (Phi) is 6.09. The molecule has 0 saturated heterocycles. The van der Waals surface area contributed by atoms with Crippen LogP contribution in [-0.4, -0.2) is 17.8 Å². The minimum atomic E-state index is -0.381. The third kappa shape index (κ3) is 4.94. The quantitative estimate of drug-likeness (QED) is 0.810. The minimum Gasteiger partial charge on any atom is -0.351 e. The van der Waals surface area contributed by atoms with Gasteiger partial charge >= 0.3 is 0 Å². The van der Waals surface area contributed by atoms with Gasteiger partial charge in [-0.25, -0.2) is 4.39 Å². The molecule has 0 aliphatic heterocycles. The lowest BCUT2D eigenvalue weighted by Gasteiger charge is -2.13. The largest absolute Gasteiger partial charge is 0.351 e. The summed E-state index contributed by atoms with van der Waals surface area (Å²) in [5, 5.41) is 2.65. The van der Waals surface area contributed by atoms with Crippen LogP contribution in [0.15, 0.2) is 22.7 Å². The van der Waals surface area contributed by atoms with E-state index in [9.17, 15) is 9.18 Å². The van der Waals surface area contributed by atoms with Crippen molar-refractivity contribution in [2.75, 3.05) is 6.54 Å². The van der Waals surface area contributed by atoms with Crippen LogP contribution >= 0.6 is 27.5 Å². The monoisotopic (exact) mass is 335 g/mol. The Morgan fingerprint density at radius 3 is 2.72 bits per heavy atom. The van der Waals surface area contributed by atoms with E-state index in [2.05, 4.69) is 35.1 Å². The van der Waals surface area contributed by atoms with Gasteiger partial charge in [0.1, 0.15) is 5.82 Å². The number of amides is 1. The summed E-state index contributed by atoms with van der Waals surface area (Å²) in [4.78, 5) is 11.8. The first-order valence-corrected chi connectivity index (χ1v) is 7.00. The molecule has 1 rings (SSSR count). The molecule has 1 aromatic rings. The van der Waals surface area contributed by atoms with Gasteiger partial charge in [0.2, 0.25) is 0 Å². The second-order valence-corrected chi connectivity index (χ2v) is 6.03. The molecular formula is C13H16BrClFNO. The van der Waals surface area contributed by atoms with E-state index in [1.54, 1.807) is 0 Å². The topological polar surface area (TPSA) is 29.1 Å². The molecule has 1 atom stereocenters. The van der Waals surface area contributed by atoms with Crippen molar-refractivity contribution in [3.63, 3.8) is 0 Å². The summed E-state index contributed by atoms with van der Waals surface area (Å²) in [5.74, 6) is -0.147. The number of benzene rings is 1. The van der Waals surface area contributed by atoms with Gasteiger partial charge in [0, 0.05) is 11.0 Å². The maximum absolute atomic E-state index is 12.9. The smallest absolute Gasteiger partial charge is 0.252 e. The molecule has 1 aromatic carbocycles. The first-order chi connectivity index (χ1) is 8.40. The van der Waals surface area contributed by atoms with Gasteiger partial charge < -0.3 is 5.32 Å². The van der Waals surface area contributed by atoms with Crippen LogP contribution in [0.5, 0.6) is 0 Å². The Morgan fingerprint density at radius 1 is 1.50 bits per heavy atom. The normalized spacial score (nSPS) is 12.6. The van der Waals surface area contributed by atoms with E-state index >= 15 is 0 Å². The number of carbonyl (C=O) groups is 1. The van der Waals surface area contributed by atoms with Crippen molar-refractivity contribution in [1.29, 1.82) is 0 Å². The number of hydrogen-bond acceptors (Lipinski definition) is 1. The van der Waals surface area contributed by atoms with Crippen LogP contribution in [0, 0.1) is 11.7 Å². The van der Waals surface area contributed by atoms with Gasteiger partial charge in [-0.05, 0) is 46.5 Å². The zero-order valence-corrected chi connectivity index (χ0v) is 12.7. The first kappa shape index (κ1) is 15.4. The molecule has 1 amide bonds. The Balaban J connectivity index is 2.55. The van der Waals surface area contributed by atoms with Crippen molar-refractivity contribution in [2.45, 2.75) is 25.6 Å². The van der Waals surface area contributed by atoms with Crippen molar-refractivity contribution in [3.8, 4) is 0 Å². The lowest BCUT2D eigenvalue weighted by molar-refractivity contribution is 0.0952. The molecule has 18 heavy (non-hydrogen) atoms. The van der Waals surface area contributed by atoms with E-state index in [4.69, 9.17) is 11.6 Å². The zero-order valence-electron chi connectivity index (χ0n) is 10.3. The molecule has 2 nitrogen and oxygen atoms in total. The number of nitrogens with one attached hydrogen (secondary N) is 1. The van der Waals surface area contributed by atoms with E-state index in [0.717, 1.165) is 6.42 Å².